The first-order valence-electron chi connectivity index (χ1n) is 7.17. The number of benzene rings is 1. The van der Waals surface area contributed by atoms with Crippen LogP contribution in [0.3, 0.4) is 0 Å². The monoisotopic (exact) mass is 390 g/mol. The highest BCUT2D eigenvalue weighted by atomic mass is 79.9. The molecule has 0 atom stereocenters. The maximum absolute atomic E-state index is 12.5. The van der Waals surface area contributed by atoms with Gasteiger partial charge in [0, 0.05) is 26.8 Å². The SMILES string of the molecule is COc1cc(Br)cc2cc(C(=O)Nn3c(C)cc(C=O)c3C)oc12. The number of aryl methyl sites for hydroxylation is 1. The summed E-state index contributed by atoms with van der Waals surface area (Å²) in [5.41, 5.74) is 5.17. The van der Waals surface area contributed by atoms with Gasteiger partial charge in [-0.2, -0.15) is 0 Å². The Hall–Kier alpha value is -2.54. The zero-order chi connectivity index (χ0) is 17.4. The van der Waals surface area contributed by atoms with Crippen LogP contribution in [0.1, 0.15) is 32.3 Å². The lowest BCUT2D eigenvalue weighted by molar-refractivity contribution is 0.0981. The van der Waals surface area contributed by atoms with Crippen LogP contribution in [0.15, 0.2) is 33.2 Å². The van der Waals surface area contributed by atoms with E-state index in [1.54, 1.807) is 36.7 Å². The van der Waals surface area contributed by atoms with E-state index >= 15 is 0 Å². The number of amides is 1. The number of hydrogen-bond donors (Lipinski definition) is 1. The van der Waals surface area contributed by atoms with E-state index in [-0.39, 0.29) is 5.76 Å². The van der Waals surface area contributed by atoms with Crippen molar-refractivity contribution in [1.82, 2.24) is 4.68 Å². The number of halogens is 1. The minimum atomic E-state index is -0.413. The molecular formula is C17H15BrN2O4. The first-order chi connectivity index (χ1) is 11.4. The van der Waals surface area contributed by atoms with Crippen molar-refractivity contribution in [3.63, 3.8) is 0 Å². The third-order valence-corrected chi connectivity index (χ3v) is 4.26. The van der Waals surface area contributed by atoms with Crippen molar-refractivity contribution in [3.8, 4) is 5.75 Å². The molecule has 1 N–H and O–H groups in total. The Morgan fingerprint density at radius 2 is 2.04 bits per heavy atom. The molecule has 0 fully saturated rings. The number of methoxy groups -OCH3 is 1. The zero-order valence-corrected chi connectivity index (χ0v) is 14.9. The van der Waals surface area contributed by atoms with Gasteiger partial charge in [-0.25, -0.2) is 0 Å². The van der Waals surface area contributed by atoms with E-state index in [2.05, 4.69) is 21.4 Å². The second-order valence-corrected chi connectivity index (χ2v) is 6.27. The number of carbonyl (C=O) groups excluding carboxylic acids is 2. The molecule has 1 amide bonds. The van der Waals surface area contributed by atoms with Crippen LogP contribution in [0.5, 0.6) is 5.75 Å². The highest BCUT2D eigenvalue weighted by molar-refractivity contribution is 9.10. The van der Waals surface area contributed by atoms with E-state index in [9.17, 15) is 9.59 Å². The van der Waals surface area contributed by atoms with Crippen molar-refractivity contribution in [2.75, 3.05) is 12.5 Å². The molecule has 0 aliphatic rings. The molecule has 6 nitrogen and oxygen atoms in total. The Balaban J connectivity index is 1.98. The standard InChI is InChI=1S/C17H15BrN2O4/c1-9-4-12(8-21)10(2)20(9)19-17(22)15-6-11-5-13(18)7-14(23-3)16(11)24-15/h4-8H,1-3H3,(H,19,22). The molecule has 3 aromatic rings. The van der Waals surface area contributed by atoms with Gasteiger partial charge in [-0.3, -0.25) is 19.7 Å². The quantitative estimate of drug-likeness (QED) is 0.687. The maximum atomic E-state index is 12.5. The third kappa shape index (κ3) is 2.71. The van der Waals surface area contributed by atoms with E-state index in [1.807, 2.05) is 6.07 Å². The lowest BCUT2D eigenvalue weighted by Crippen LogP contribution is -2.24. The molecule has 0 saturated carbocycles. The molecule has 0 bridgehead atoms. The number of furan rings is 1. The number of nitrogens with one attached hydrogen (secondary N) is 1. The molecule has 7 heteroatoms. The number of carbonyl (C=O) groups is 2. The normalized spacial score (nSPS) is 10.8. The molecule has 0 saturated heterocycles. The smallest absolute Gasteiger partial charge is 0.305 e. The molecule has 0 radical (unpaired) electrons. The van der Waals surface area contributed by atoms with Gasteiger partial charge in [-0.15, -0.1) is 0 Å². The predicted octanol–water partition coefficient (Wildman–Crippen LogP) is 3.82. The highest BCUT2D eigenvalue weighted by Crippen LogP contribution is 2.32. The molecule has 124 valence electrons. The molecular weight excluding hydrogens is 376 g/mol. The summed E-state index contributed by atoms with van der Waals surface area (Å²) in [6.45, 7) is 3.56. The fourth-order valence-corrected chi connectivity index (χ4v) is 3.04. The molecule has 0 spiro atoms. The number of hydrogen-bond acceptors (Lipinski definition) is 4. The van der Waals surface area contributed by atoms with Crippen LogP contribution in [0.2, 0.25) is 0 Å². The van der Waals surface area contributed by atoms with E-state index in [0.717, 1.165) is 21.8 Å². The van der Waals surface area contributed by atoms with Crippen molar-refractivity contribution in [2.45, 2.75) is 13.8 Å². The van der Waals surface area contributed by atoms with Crippen molar-refractivity contribution in [2.24, 2.45) is 0 Å². The van der Waals surface area contributed by atoms with Gasteiger partial charge in [0.25, 0.3) is 0 Å². The van der Waals surface area contributed by atoms with Crippen molar-refractivity contribution in [3.05, 3.63) is 51.4 Å². The Morgan fingerprint density at radius 1 is 1.29 bits per heavy atom. The lowest BCUT2D eigenvalue weighted by atomic mass is 10.2. The average Bonchev–Trinajstić information content (AvgIpc) is 3.09. The Kier molecular flexibility index (Phi) is 4.19. The first-order valence-corrected chi connectivity index (χ1v) is 7.96. The topological polar surface area (TPSA) is 73.5 Å². The van der Waals surface area contributed by atoms with Gasteiger partial charge in [-0.1, -0.05) is 15.9 Å². The summed E-state index contributed by atoms with van der Waals surface area (Å²) < 4.78 is 13.3. The number of aromatic nitrogens is 1. The van der Waals surface area contributed by atoms with Gasteiger partial charge in [0.1, 0.15) is 0 Å². The minimum Gasteiger partial charge on any atom is -0.493 e. The zero-order valence-electron chi connectivity index (χ0n) is 13.3. The number of nitrogens with zero attached hydrogens (tertiary/aromatic N) is 1. The third-order valence-electron chi connectivity index (χ3n) is 3.80. The maximum Gasteiger partial charge on any atom is 0.305 e. The van der Waals surface area contributed by atoms with Crippen LogP contribution in [0.25, 0.3) is 11.0 Å². The second-order valence-electron chi connectivity index (χ2n) is 5.36. The van der Waals surface area contributed by atoms with E-state index < -0.39 is 5.91 Å². The molecule has 1 aromatic carbocycles. The Bertz CT molecular complexity index is 955. The van der Waals surface area contributed by atoms with E-state index in [1.165, 1.54) is 7.11 Å². The van der Waals surface area contributed by atoms with Gasteiger partial charge in [0.15, 0.2) is 23.4 Å². The predicted molar refractivity (Wildman–Crippen MR) is 93.5 cm³/mol. The first kappa shape index (κ1) is 16.3. The number of rotatable bonds is 4. The molecule has 24 heavy (non-hydrogen) atoms. The van der Waals surface area contributed by atoms with Crippen LogP contribution in [0.4, 0.5) is 0 Å². The molecule has 2 aromatic heterocycles. The summed E-state index contributed by atoms with van der Waals surface area (Å²) >= 11 is 3.39. The summed E-state index contributed by atoms with van der Waals surface area (Å²) in [4.78, 5) is 23.5. The fourth-order valence-electron chi connectivity index (χ4n) is 2.59. The minimum absolute atomic E-state index is 0.154. The van der Waals surface area contributed by atoms with Crippen molar-refractivity contribution in [1.29, 1.82) is 0 Å². The number of aldehydes is 1. The van der Waals surface area contributed by atoms with Crippen LogP contribution < -0.4 is 10.2 Å². The van der Waals surface area contributed by atoms with E-state index in [4.69, 9.17) is 9.15 Å². The van der Waals surface area contributed by atoms with Crippen LogP contribution in [-0.2, 0) is 0 Å². The van der Waals surface area contributed by atoms with Gasteiger partial charge < -0.3 is 9.15 Å². The summed E-state index contributed by atoms with van der Waals surface area (Å²) in [7, 11) is 1.54. The summed E-state index contributed by atoms with van der Waals surface area (Å²) in [5, 5.41) is 0.751. The van der Waals surface area contributed by atoms with Crippen LogP contribution >= 0.6 is 15.9 Å². The Labute approximate surface area is 146 Å². The molecule has 3 rings (SSSR count). The summed E-state index contributed by atoms with van der Waals surface area (Å²) in [6.07, 6.45) is 0.759. The molecule has 2 heterocycles. The number of ether oxygens (including phenoxy) is 1. The van der Waals surface area contributed by atoms with Crippen molar-refractivity contribution < 1.29 is 18.7 Å². The van der Waals surface area contributed by atoms with Crippen molar-refractivity contribution >= 4 is 39.1 Å². The number of fused-ring (bicyclic) bond motifs is 1. The van der Waals surface area contributed by atoms with Gasteiger partial charge in [-0.05, 0) is 38.1 Å². The lowest BCUT2D eigenvalue weighted by Gasteiger charge is -2.09. The highest BCUT2D eigenvalue weighted by Gasteiger charge is 2.18. The Morgan fingerprint density at radius 3 is 2.67 bits per heavy atom. The fraction of sp³-hybridized carbons (Fsp3) is 0.176. The van der Waals surface area contributed by atoms with Crippen LogP contribution in [-0.4, -0.2) is 24.0 Å². The molecule has 0 aliphatic carbocycles. The van der Waals surface area contributed by atoms with Gasteiger partial charge in [0.2, 0.25) is 0 Å². The average molecular weight is 391 g/mol. The summed E-state index contributed by atoms with van der Waals surface area (Å²) in [6, 6.07) is 6.97. The van der Waals surface area contributed by atoms with Crippen LogP contribution in [0, 0.1) is 13.8 Å². The van der Waals surface area contributed by atoms with E-state index in [0.29, 0.717) is 22.6 Å². The summed E-state index contributed by atoms with van der Waals surface area (Å²) in [5.74, 6) is 0.278. The molecule has 0 unspecified atom stereocenters. The largest absolute Gasteiger partial charge is 0.493 e. The van der Waals surface area contributed by atoms with Gasteiger partial charge >= 0.3 is 5.91 Å². The molecule has 0 aliphatic heterocycles. The second kappa shape index (κ2) is 6.16. The van der Waals surface area contributed by atoms with Gasteiger partial charge in [0.05, 0.1) is 7.11 Å².